The van der Waals surface area contributed by atoms with Crippen LogP contribution in [0.5, 0.6) is 5.75 Å². The van der Waals surface area contributed by atoms with Crippen LogP contribution in [0.4, 0.5) is 11.4 Å². The topological polar surface area (TPSA) is 40.6 Å². The maximum Gasteiger partial charge on any atom is 0.174 e. The van der Waals surface area contributed by atoms with Crippen LogP contribution in [0.3, 0.4) is 0 Å². The molecule has 1 saturated heterocycles. The molecule has 7 heteroatoms. The van der Waals surface area contributed by atoms with Gasteiger partial charge in [0.1, 0.15) is 5.75 Å². The number of hydrogen-bond donors (Lipinski definition) is 1. The summed E-state index contributed by atoms with van der Waals surface area (Å²) in [5.41, 5.74) is 6.28. The van der Waals surface area contributed by atoms with Gasteiger partial charge in [0.25, 0.3) is 0 Å². The highest BCUT2D eigenvalue weighted by Crippen LogP contribution is 2.48. The first-order valence-electron chi connectivity index (χ1n) is 11.6. The van der Waals surface area contributed by atoms with Crippen LogP contribution in [0, 0.1) is 0 Å². The number of fused-ring (bicyclic) bond motifs is 1. The maximum absolute atomic E-state index is 7.07. The van der Waals surface area contributed by atoms with E-state index in [1.807, 2.05) is 48.7 Å². The lowest BCUT2D eigenvalue weighted by molar-refractivity contribution is 0.415. The predicted molar refractivity (Wildman–Crippen MR) is 149 cm³/mol. The minimum absolute atomic E-state index is 0.0957. The quantitative estimate of drug-likeness (QED) is 0.406. The molecular formula is C28H29ClN4OS. The van der Waals surface area contributed by atoms with Gasteiger partial charge in [-0.15, -0.1) is 0 Å². The van der Waals surface area contributed by atoms with Crippen LogP contribution in [0.15, 0.2) is 66.9 Å². The van der Waals surface area contributed by atoms with E-state index < -0.39 is 0 Å². The molecule has 0 saturated carbocycles. The van der Waals surface area contributed by atoms with Gasteiger partial charge in [0.2, 0.25) is 0 Å². The molecule has 35 heavy (non-hydrogen) atoms. The number of nitrogens with one attached hydrogen (secondary N) is 1. The number of halogens is 1. The predicted octanol–water partition coefficient (Wildman–Crippen LogP) is 6.55. The van der Waals surface area contributed by atoms with Gasteiger partial charge in [0, 0.05) is 41.3 Å². The zero-order chi connectivity index (χ0) is 24.9. The second-order valence-corrected chi connectivity index (χ2v) is 10.4. The molecule has 0 amide bonds. The number of pyridine rings is 1. The fraction of sp³-hybridized carbons (Fsp3) is 0.286. The molecule has 5 rings (SSSR count). The van der Waals surface area contributed by atoms with Crippen molar-refractivity contribution in [2.24, 2.45) is 0 Å². The summed E-state index contributed by atoms with van der Waals surface area (Å²) in [6.45, 7) is 6.59. The Hall–Kier alpha value is -3.09. The molecular weight excluding hydrogens is 476 g/mol. The lowest BCUT2D eigenvalue weighted by Crippen LogP contribution is -2.42. The van der Waals surface area contributed by atoms with E-state index in [0.29, 0.717) is 10.1 Å². The van der Waals surface area contributed by atoms with Gasteiger partial charge in [0.05, 0.1) is 30.4 Å². The van der Waals surface area contributed by atoms with E-state index in [1.165, 1.54) is 11.1 Å². The van der Waals surface area contributed by atoms with E-state index in [-0.39, 0.29) is 17.6 Å². The largest absolute Gasteiger partial charge is 0.497 e. The SMILES string of the molecule is COc1cccc(N2C(=S)N[C@@H](c3ccccn3)[C@@H]2c2cc3c(cc2Cl)N(C)C(C)(C)C=C3C)c1. The van der Waals surface area contributed by atoms with Crippen molar-refractivity contribution in [3.05, 3.63) is 88.7 Å². The van der Waals surface area contributed by atoms with Crippen molar-refractivity contribution in [1.82, 2.24) is 10.3 Å². The van der Waals surface area contributed by atoms with E-state index in [2.05, 4.69) is 66.1 Å². The summed E-state index contributed by atoms with van der Waals surface area (Å²) in [6.07, 6.45) is 4.12. The van der Waals surface area contributed by atoms with Crippen molar-refractivity contribution >= 4 is 45.9 Å². The Morgan fingerprint density at radius 2 is 1.91 bits per heavy atom. The lowest BCUT2D eigenvalue weighted by Gasteiger charge is -2.41. The highest BCUT2D eigenvalue weighted by Gasteiger charge is 2.42. The molecule has 180 valence electrons. The number of benzene rings is 2. The molecule has 2 aliphatic heterocycles. The molecule has 1 fully saturated rings. The fourth-order valence-corrected chi connectivity index (χ4v) is 5.74. The van der Waals surface area contributed by atoms with Gasteiger partial charge in [-0.2, -0.15) is 0 Å². The van der Waals surface area contributed by atoms with Crippen molar-refractivity contribution in [3.63, 3.8) is 0 Å². The van der Waals surface area contributed by atoms with Gasteiger partial charge in [-0.25, -0.2) is 0 Å². The first-order valence-corrected chi connectivity index (χ1v) is 12.4. The molecule has 3 aromatic rings. The van der Waals surface area contributed by atoms with Crippen molar-refractivity contribution < 1.29 is 4.74 Å². The summed E-state index contributed by atoms with van der Waals surface area (Å²) < 4.78 is 5.50. The number of nitrogens with zero attached hydrogens (tertiary/aromatic N) is 3. The summed E-state index contributed by atoms with van der Waals surface area (Å²) in [5.74, 6) is 0.768. The number of anilines is 2. The molecule has 2 aliphatic rings. The zero-order valence-electron chi connectivity index (χ0n) is 20.5. The van der Waals surface area contributed by atoms with Crippen molar-refractivity contribution in [2.45, 2.75) is 38.4 Å². The molecule has 2 aromatic carbocycles. The highest BCUT2D eigenvalue weighted by atomic mass is 35.5. The highest BCUT2D eigenvalue weighted by molar-refractivity contribution is 7.80. The summed E-state index contributed by atoms with van der Waals surface area (Å²) in [4.78, 5) is 9.06. The van der Waals surface area contributed by atoms with Crippen molar-refractivity contribution in [3.8, 4) is 5.75 Å². The monoisotopic (exact) mass is 504 g/mol. The van der Waals surface area contributed by atoms with Crippen LogP contribution in [-0.4, -0.2) is 29.8 Å². The molecule has 5 nitrogen and oxygen atoms in total. The Morgan fingerprint density at radius 1 is 1.11 bits per heavy atom. The molecule has 1 aromatic heterocycles. The Bertz CT molecular complexity index is 1320. The number of methoxy groups -OCH3 is 1. The normalized spacial score (nSPS) is 20.9. The van der Waals surface area contributed by atoms with Crippen molar-refractivity contribution in [2.75, 3.05) is 24.0 Å². The number of thiocarbonyl (C=S) groups is 1. The van der Waals surface area contributed by atoms with E-state index in [1.54, 1.807) is 7.11 Å². The molecule has 0 aliphatic carbocycles. The molecule has 0 unspecified atom stereocenters. The van der Waals surface area contributed by atoms with Crippen molar-refractivity contribution in [1.29, 1.82) is 0 Å². The first-order chi connectivity index (χ1) is 16.7. The summed E-state index contributed by atoms with van der Waals surface area (Å²) in [5, 5.41) is 4.84. The number of likely N-dealkylation sites (N-methyl/N-ethyl adjacent to an activating group) is 1. The molecule has 0 spiro atoms. The standard InChI is InChI=1S/C28H29ClN4OS/c1-17-16-28(2,3)32(4)24-15-22(29)21(14-20(17)24)26-25(23-11-6-7-12-30-23)31-27(35)33(26)18-9-8-10-19(13-18)34-5/h6-16,25-26H,1-5H3,(H,31,35)/t25-,26-/m0/s1. The van der Waals surface area contributed by atoms with E-state index >= 15 is 0 Å². The van der Waals surface area contributed by atoms with Crippen LogP contribution in [0.1, 0.15) is 49.7 Å². The van der Waals surface area contributed by atoms with Crippen LogP contribution in [0.2, 0.25) is 5.02 Å². The fourth-order valence-electron chi connectivity index (χ4n) is 5.12. The Kier molecular flexibility index (Phi) is 5.98. The first kappa shape index (κ1) is 23.6. The average molecular weight is 505 g/mol. The summed E-state index contributed by atoms with van der Waals surface area (Å²) >= 11 is 12.9. The van der Waals surface area contributed by atoms with Crippen LogP contribution < -0.4 is 19.9 Å². The average Bonchev–Trinajstić information content (AvgIpc) is 3.19. The number of allylic oxidation sites excluding steroid dienone is 1. The zero-order valence-corrected chi connectivity index (χ0v) is 22.1. The summed E-state index contributed by atoms with van der Waals surface area (Å²) in [6, 6.07) is 17.8. The third-order valence-electron chi connectivity index (χ3n) is 7.08. The molecule has 0 radical (unpaired) electrons. The molecule has 2 atom stereocenters. The van der Waals surface area contributed by atoms with Gasteiger partial charge >= 0.3 is 0 Å². The van der Waals surface area contributed by atoms with Crippen LogP contribution >= 0.6 is 23.8 Å². The van der Waals surface area contributed by atoms with E-state index in [0.717, 1.165) is 28.4 Å². The number of ether oxygens (including phenoxy) is 1. The number of rotatable bonds is 4. The van der Waals surface area contributed by atoms with Gasteiger partial charge < -0.3 is 19.9 Å². The van der Waals surface area contributed by atoms with Crippen LogP contribution in [-0.2, 0) is 0 Å². The minimum Gasteiger partial charge on any atom is -0.497 e. The Labute approximate surface area is 217 Å². The number of aromatic nitrogens is 1. The van der Waals surface area contributed by atoms with Gasteiger partial charge in [-0.05, 0) is 80.5 Å². The smallest absolute Gasteiger partial charge is 0.174 e. The van der Waals surface area contributed by atoms with Crippen LogP contribution in [0.25, 0.3) is 5.57 Å². The molecule has 0 bridgehead atoms. The lowest BCUT2D eigenvalue weighted by atomic mass is 9.86. The van der Waals surface area contributed by atoms with E-state index in [4.69, 9.17) is 28.6 Å². The Balaban J connectivity index is 1.70. The third-order valence-corrected chi connectivity index (χ3v) is 7.73. The van der Waals surface area contributed by atoms with Gasteiger partial charge in [0.15, 0.2) is 5.11 Å². The number of hydrogen-bond acceptors (Lipinski definition) is 4. The minimum atomic E-state index is -0.199. The molecule has 1 N–H and O–H groups in total. The Morgan fingerprint density at radius 3 is 2.63 bits per heavy atom. The third kappa shape index (κ3) is 4.05. The second kappa shape index (κ2) is 8.85. The van der Waals surface area contributed by atoms with Gasteiger partial charge in [-0.3, -0.25) is 4.98 Å². The van der Waals surface area contributed by atoms with E-state index in [9.17, 15) is 0 Å². The van der Waals surface area contributed by atoms with Gasteiger partial charge in [-0.1, -0.05) is 29.8 Å². The summed E-state index contributed by atoms with van der Waals surface area (Å²) in [7, 11) is 3.78. The second-order valence-electron chi connectivity index (χ2n) is 9.63. The molecule has 3 heterocycles. The maximum atomic E-state index is 7.07.